The van der Waals surface area contributed by atoms with Crippen molar-refractivity contribution in [1.82, 2.24) is 15.5 Å². The first-order valence-electron chi connectivity index (χ1n) is 13.8. The van der Waals surface area contributed by atoms with Crippen LogP contribution in [0.3, 0.4) is 0 Å². The summed E-state index contributed by atoms with van der Waals surface area (Å²) < 4.78 is 10.7. The van der Waals surface area contributed by atoms with Crippen molar-refractivity contribution in [3.63, 3.8) is 0 Å². The fourth-order valence-electron chi connectivity index (χ4n) is 4.34. The molecule has 2 rings (SSSR count). The van der Waals surface area contributed by atoms with Gasteiger partial charge in [0.15, 0.2) is 5.11 Å². The van der Waals surface area contributed by atoms with E-state index in [2.05, 4.69) is 17.6 Å². The lowest BCUT2D eigenvalue weighted by molar-refractivity contribution is -0.147. The molecule has 1 unspecified atom stereocenters. The SMILES string of the molecule is CCCCCCCCCCCCOC(=O)CC1C(=O)NCCN1C(=S)NC(=O)/C=C/c1ccccc1OC. The number of rotatable bonds is 16. The van der Waals surface area contributed by atoms with Crippen LogP contribution in [-0.4, -0.2) is 60.6 Å². The third kappa shape index (κ3) is 11.6. The molecule has 1 aliphatic heterocycles. The van der Waals surface area contributed by atoms with Gasteiger partial charge in [0.05, 0.1) is 20.1 Å². The van der Waals surface area contributed by atoms with Crippen LogP contribution in [0.25, 0.3) is 6.08 Å². The topological polar surface area (TPSA) is 97.0 Å². The van der Waals surface area contributed by atoms with Crippen LogP contribution in [0.2, 0.25) is 0 Å². The summed E-state index contributed by atoms with van der Waals surface area (Å²) in [6, 6.07) is 6.49. The normalized spacial score (nSPS) is 15.3. The van der Waals surface area contributed by atoms with Crippen molar-refractivity contribution in [2.45, 2.75) is 83.6 Å². The Morgan fingerprint density at radius 2 is 1.74 bits per heavy atom. The van der Waals surface area contributed by atoms with Crippen LogP contribution in [0.5, 0.6) is 5.75 Å². The van der Waals surface area contributed by atoms with Gasteiger partial charge >= 0.3 is 5.97 Å². The van der Waals surface area contributed by atoms with Crippen LogP contribution in [-0.2, 0) is 19.1 Å². The Bertz CT molecular complexity index is 937. The van der Waals surface area contributed by atoms with Crippen LogP contribution in [0.15, 0.2) is 30.3 Å². The van der Waals surface area contributed by atoms with Crippen molar-refractivity contribution in [3.05, 3.63) is 35.9 Å². The van der Waals surface area contributed by atoms with Gasteiger partial charge in [0.2, 0.25) is 11.8 Å². The summed E-state index contributed by atoms with van der Waals surface area (Å²) in [6.45, 7) is 3.33. The highest BCUT2D eigenvalue weighted by atomic mass is 32.1. The number of nitrogens with one attached hydrogen (secondary N) is 2. The minimum atomic E-state index is -0.824. The Kier molecular flexibility index (Phi) is 15.1. The number of nitrogens with zero attached hydrogens (tertiary/aromatic N) is 1. The van der Waals surface area contributed by atoms with Gasteiger partial charge in [-0.15, -0.1) is 0 Å². The summed E-state index contributed by atoms with van der Waals surface area (Å²) in [5.41, 5.74) is 0.747. The molecule has 1 saturated heterocycles. The first-order chi connectivity index (χ1) is 18.5. The highest BCUT2D eigenvalue weighted by molar-refractivity contribution is 7.80. The molecule has 38 heavy (non-hydrogen) atoms. The predicted molar refractivity (Wildman–Crippen MR) is 154 cm³/mol. The molecule has 8 nitrogen and oxygen atoms in total. The van der Waals surface area contributed by atoms with E-state index in [0.717, 1.165) is 24.8 Å². The van der Waals surface area contributed by atoms with E-state index in [-0.39, 0.29) is 17.4 Å². The van der Waals surface area contributed by atoms with E-state index in [1.54, 1.807) is 24.2 Å². The molecule has 0 aliphatic carbocycles. The van der Waals surface area contributed by atoms with Crippen LogP contribution >= 0.6 is 12.2 Å². The molecular formula is C29H43N3O5S. The molecule has 2 amide bonds. The van der Waals surface area contributed by atoms with E-state index >= 15 is 0 Å². The molecule has 1 heterocycles. The maximum Gasteiger partial charge on any atom is 0.308 e. The molecule has 1 aromatic carbocycles. The lowest BCUT2D eigenvalue weighted by Gasteiger charge is -2.36. The van der Waals surface area contributed by atoms with E-state index < -0.39 is 17.9 Å². The van der Waals surface area contributed by atoms with E-state index in [1.165, 1.54) is 51.0 Å². The average Bonchev–Trinajstić information content (AvgIpc) is 2.91. The van der Waals surface area contributed by atoms with Crippen molar-refractivity contribution < 1.29 is 23.9 Å². The number of ether oxygens (including phenoxy) is 2. The molecule has 1 aliphatic rings. The minimum absolute atomic E-state index is 0.0991. The van der Waals surface area contributed by atoms with Crippen LogP contribution in [0.1, 0.15) is 83.1 Å². The molecule has 1 aromatic rings. The third-order valence-electron chi connectivity index (χ3n) is 6.50. The first-order valence-corrected chi connectivity index (χ1v) is 14.2. The Hall–Kier alpha value is -2.94. The number of unbranched alkanes of at least 4 members (excludes halogenated alkanes) is 9. The molecule has 9 heteroatoms. The zero-order valence-electron chi connectivity index (χ0n) is 22.8. The van der Waals surface area contributed by atoms with Crippen LogP contribution in [0, 0.1) is 0 Å². The number of thiocarbonyl (C=S) groups is 1. The van der Waals surface area contributed by atoms with Gasteiger partial charge in [-0.2, -0.15) is 0 Å². The number of carbonyl (C=O) groups excluding carboxylic acids is 3. The summed E-state index contributed by atoms with van der Waals surface area (Å²) in [7, 11) is 1.56. The zero-order chi connectivity index (χ0) is 27.6. The molecular weight excluding hydrogens is 502 g/mol. The maximum absolute atomic E-state index is 12.5. The smallest absolute Gasteiger partial charge is 0.308 e. The Morgan fingerprint density at radius 1 is 1.08 bits per heavy atom. The second-order valence-corrected chi connectivity index (χ2v) is 9.86. The number of para-hydroxylation sites is 1. The lowest BCUT2D eigenvalue weighted by Crippen LogP contribution is -2.60. The monoisotopic (exact) mass is 545 g/mol. The van der Waals surface area contributed by atoms with Gasteiger partial charge in [-0.25, -0.2) is 0 Å². The Morgan fingerprint density at radius 3 is 2.42 bits per heavy atom. The fourth-order valence-corrected chi connectivity index (χ4v) is 4.66. The van der Waals surface area contributed by atoms with Gasteiger partial charge < -0.3 is 19.7 Å². The molecule has 0 saturated carbocycles. The Balaban J connectivity index is 1.73. The largest absolute Gasteiger partial charge is 0.496 e. The lowest BCUT2D eigenvalue weighted by atomic mass is 10.1. The summed E-state index contributed by atoms with van der Waals surface area (Å²) in [5.74, 6) is -0.552. The van der Waals surface area contributed by atoms with E-state index in [9.17, 15) is 14.4 Å². The van der Waals surface area contributed by atoms with E-state index in [1.807, 2.05) is 18.2 Å². The van der Waals surface area contributed by atoms with Gasteiger partial charge in [0, 0.05) is 24.7 Å². The highest BCUT2D eigenvalue weighted by Crippen LogP contribution is 2.18. The average molecular weight is 546 g/mol. The molecule has 0 aromatic heterocycles. The number of methoxy groups -OCH3 is 1. The number of piperazine rings is 1. The van der Waals surface area contributed by atoms with Crippen molar-refractivity contribution in [1.29, 1.82) is 0 Å². The van der Waals surface area contributed by atoms with Gasteiger partial charge in [-0.1, -0.05) is 82.9 Å². The zero-order valence-corrected chi connectivity index (χ0v) is 23.7. The molecule has 1 atom stereocenters. The molecule has 0 bridgehead atoms. The van der Waals surface area contributed by atoms with Gasteiger partial charge in [0.1, 0.15) is 11.8 Å². The number of carbonyl (C=O) groups is 3. The number of benzene rings is 1. The third-order valence-corrected chi connectivity index (χ3v) is 6.83. The molecule has 210 valence electrons. The second kappa shape index (κ2) is 18.3. The number of amides is 2. The summed E-state index contributed by atoms with van der Waals surface area (Å²) >= 11 is 5.40. The second-order valence-electron chi connectivity index (χ2n) is 9.48. The van der Waals surface area contributed by atoms with E-state index in [4.69, 9.17) is 21.7 Å². The van der Waals surface area contributed by atoms with Crippen molar-refractivity contribution >= 4 is 41.2 Å². The summed E-state index contributed by atoms with van der Waals surface area (Å²) in [5, 5.41) is 5.49. The fraction of sp³-hybridized carbons (Fsp3) is 0.586. The highest BCUT2D eigenvalue weighted by Gasteiger charge is 2.34. The molecule has 0 radical (unpaired) electrons. The quantitative estimate of drug-likeness (QED) is 0.134. The molecule has 0 spiro atoms. The molecule has 1 fully saturated rings. The van der Waals surface area contributed by atoms with Crippen molar-refractivity contribution in [3.8, 4) is 5.75 Å². The van der Waals surface area contributed by atoms with Crippen molar-refractivity contribution in [2.24, 2.45) is 0 Å². The Labute approximate surface area is 232 Å². The maximum atomic E-state index is 12.5. The van der Waals surface area contributed by atoms with Gasteiger partial charge in [-0.3, -0.25) is 19.7 Å². The number of hydrogen-bond acceptors (Lipinski definition) is 6. The van der Waals surface area contributed by atoms with Crippen molar-refractivity contribution in [2.75, 3.05) is 26.8 Å². The van der Waals surface area contributed by atoms with Gasteiger partial charge in [0.25, 0.3) is 0 Å². The molecule has 2 N–H and O–H groups in total. The number of hydrogen-bond donors (Lipinski definition) is 2. The number of esters is 1. The standard InChI is InChI=1S/C29H43N3O5S/c1-3-4-5-6-7-8-9-10-11-14-21-37-27(34)22-24-28(35)30-19-20-32(24)29(38)31-26(33)18-17-23-15-12-13-16-25(23)36-2/h12-13,15-18,24H,3-11,14,19-22H2,1-2H3,(H,30,35)(H,31,33,38)/b18-17+. The predicted octanol–water partition coefficient (Wildman–Crippen LogP) is 4.76. The van der Waals surface area contributed by atoms with Crippen LogP contribution in [0.4, 0.5) is 0 Å². The van der Waals surface area contributed by atoms with Gasteiger partial charge in [-0.05, 0) is 30.8 Å². The first kappa shape index (κ1) is 31.3. The van der Waals surface area contributed by atoms with Crippen LogP contribution < -0.4 is 15.4 Å². The summed E-state index contributed by atoms with van der Waals surface area (Å²) in [4.78, 5) is 39.0. The summed E-state index contributed by atoms with van der Waals surface area (Å²) in [6.07, 6.45) is 14.9. The van der Waals surface area contributed by atoms with E-state index in [0.29, 0.717) is 25.4 Å². The minimum Gasteiger partial charge on any atom is -0.496 e.